The smallest absolute Gasteiger partial charge is 0.330 e. The van der Waals surface area contributed by atoms with Crippen LogP contribution in [0, 0.1) is 5.92 Å². The molecule has 0 aromatic heterocycles. The van der Waals surface area contributed by atoms with Crippen LogP contribution >= 0.6 is 0 Å². The minimum absolute atomic E-state index is 0.0471. The summed E-state index contributed by atoms with van der Waals surface area (Å²) in [6.45, 7) is 2.58. The number of hydrogen-bond donors (Lipinski definition) is 3. The number of nitrogens with one attached hydrogen (secondary N) is 2. The third-order valence-corrected chi connectivity index (χ3v) is 4.08. The van der Waals surface area contributed by atoms with Gasteiger partial charge in [0.15, 0.2) is 0 Å². The molecule has 2 amide bonds. The van der Waals surface area contributed by atoms with Gasteiger partial charge in [0.2, 0.25) is 11.8 Å². The summed E-state index contributed by atoms with van der Waals surface area (Å²) in [6, 6.07) is 6.02. The van der Waals surface area contributed by atoms with Gasteiger partial charge >= 0.3 is 5.97 Å². The Labute approximate surface area is 158 Å². The molecule has 1 aliphatic heterocycles. The SMILES string of the molecule is CCOC(=O)/C=C/[C@H](C[C@@H]1CCNC1=O)NC(=O)/C=C/c1cccc(O)c1. The average molecular weight is 372 g/mol. The summed E-state index contributed by atoms with van der Waals surface area (Å²) in [6.07, 6.45) is 6.81. The first-order valence-corrected chi connectivity index (χ1v) is 8.88. The van der Waals surface area contributed by atoms with Crippen LogP contribution in [-0.4, -0.2) is 42.1 Å². The molecule has 0 spiro atoms. The highest BCUT2D eigenvalue weighted by Gasteiger charge is 2.26. The molecule has 1 saturated heterocycles. The Hall–Kier alpha value is -3.09. The summed E-state index contributed by atoms with van der Waals surface area (Å²) in [5.74, 6) is -1.01. The van der Waals surface area contributed by atoms with Crippen LogP contribution in [0.5, 0.6) is 5.75 Å². The van der Waals surface area contributed by atoms with Crippen molar-refractivity contribution in [3.05, 3.63) is 48.1 Å². The maximum absolute atomic E-state index is 12.2. The first-order valence-electron chi connectivity index (χ1n) is 8.88. The van der Waals surface area contributed by atoms with E-state index in [2.05, 4.69) is 10.6 Å². The molecular weight excluding hydrogens is 348 g/mol. The number of phenols is 1. The van der Waals surface area contributed by atoms with E-state index in [4.69, 9.17) is 4.74 Å². The highest BCUT2D eigenvalue weighted by atomic mass is 16.5. The van der Waals surface area contributed by atoms with Gasteiger partial charge < -0.3 is 20.5 Å². The summed E-state index contributed by atoms with van der Waals surface area (Å²) in [7, 11) is 0. The maximum Gasteiger partial charge on any atom is 0.330 e. The van der Waals surface area contributed by atoms with Crippen molar-refractivity contribution in [3.8, 4) is 5.75 Å². The predicted molar refractivity (Wildman–Crippen MR) is 101 cm³/mol. The highest BCUT2D eigenvalue weighted by molar-refractivity contribution is 5.92. The fourth-order valence-electron chi connectivity index (χ4n) is 2.78. The standard InChI is InChI=1S/C20H24N2O5/c1-2-27-19(25)9-7-16(13-15-10-11-21-20(15)26)22-18(24)8-6-14-4-3-5-17(23)12-14/h3-9,12,15-16,23H,2,10-11,13H2,1H3,(H,21,26)(H,22,24)/b8-6+,9-7+/t15-,16+/m0/s1. The molecule has 144 valence electrons. The minimum Gasteiger partial charge on any atom is -0.508 e. The largest absolute Gasteiger partial charge is 0.508 e. The number of benzene rings is 1. The zero-order valence-electron chi connectivity index (χ0n) is 15.2. The van der Waals surface area contributed by atoms with Crippen molar-refractivity contribution < 1.29 is 24.2 Å². The third-order valence-electron chi connectivity index (χ3n) is 4.08. The number of rotatable bonds is 8. The summed E-state index contributed by atoms with van der Waals surface area (Å²) in [4.78, 5) is 35.6. The number of esters is 1. The van der Waals surface area contributed by atoms with E-state index in [0.717, 1.165) is 0 Å². The number of phenolic OH excluding ortho intramolecular Hbond substituents is 1. The van der Waals surface area contributed by atoms with E-state index in [-0.39, 0.29) is 30.1 Å². The molecule has 7 nitrogen and oxygen atoms in total. The van der Waals surface area contributed by atoms with E-state index >= 15 is 0 Å². The normalized spacial score (nSPS) is 17.8. The fourth-order valence-corrected chi connectivity index (χ4v) is 2.78. The van der Waals surface area contributed by atoms with Crippen molar-refractivity contribution in [3.63, 3.8) is 0 Å². The Kier molecular flexibility index (Phi) is 7.61. The van der Waals surface area contributed by atoms with E-state index in [0.29, 0.717) is 24.9 Å². The fraction of sp³-hybridized carbons (Fsp3) is 0.350. The van der Waals surface area contributed by atoms with E-state index in [1.54, 1.807) is 37.3 Å². The minimum atomic E-state index is -0.497. The third kappa shape index (κ3) is 6.97. The lowest BCUT2D eigenvalue weighted by atomic mass is 9.98. The Morgan fingerprint density at radius 3 is 2.89 bits per heavy atom. The van der Waals surface area contributed by atoms with Crippen molar-refractivity contribution in [1.82, 2.24) is 10.6 Å². The molecular formula is C20H24N2O5. The summed E-state index contributed by atoms with van der Waals surface area (Å²) in [5.41, 5.74) is 0.680. The van der Waals surface area contributed by atoms with Gasteiger partial charge in [-0.25, -0.2) is 4.79 Å². The van der Waals surface area contributed by atoms with Crippen molar-refractivity contribution in [2.45, 2.75) is 25.8 Å². The van der Waals surface area contributed by atoms with Crippen LogP contribution in [0.2, 0.25) is 0 Å². The molecule has 0 radical (unpaired) electrons. The Bertz CT molecular complexity index is 742. The molecule has 0 aliphatic carbocycles. The van der Waals surface area contributed by atoms with Gasteiger partial charge in [-0.05, 0) is 43.5 Å². The lowest BCUT2D eigenvalue weighted by molar-refractivity contribution is -0.137. The van der Waals surface area contributed by atoms with Gasteiger partial charge in [0.25, 0.3) is 0 Å². The maximum atomic E-state index is 12.2. The highest BCUT2D eigenvalue weighted by Crippen LogP contribution is 2.17. The van der Waals surface area contributed by atoms with Gasteiger partial charge in [-0.2, -0.15) is 0 Å². The second-order valence-corrected chi connectivity index (χ2v) is 6.17. The molecule has 0 bridgehead atoms. The molecule has 3 N–H and O–H groups in total. The van der Waals surface area contributed by atoms with Crippen molar-refractivity contribution in [2.75, 3.05) is 13.2 Å². The molecule has 1 heterocycles. The number of aromatic hydroxyl groups is 1. The molecule has 1 fully saturated rings. The van der Waals surface area contributed by atoms with Gasteiger partial charge in [-0.1, -0.05) is 18.2 Å². The number of hydrogen-bond acceptors (Lipinski definition) is 5. The Morgan fingerprint density at radius 2 is 2.22 bits per heavy atom. The molecule has 7 heteroatoms. The average Bonchev–Trinajstić information content (AvgIpc) is 3.03. The lowest BCUT2D eigenvalue weighted by Gasteiger charge is -2.17. The molecule has 0 saturated carbocycles. The topological polar surface area (TPSA) is 105 Å². The molecule has 2 rings (SSSR count). The summed E-state index contributed by atoms with van der Waals surface area (Å²) < 4.78 is 4.85. The van der Waals surface area contributed by atoms with Crippen LogP contribution in [0.3, 0.4) is 0 Å². The Morgan fingerprint density at radius 1 is 1.41 bits per heavy atom. The summed E-state index contributed by atoms with van der Waals surface area (Å²) in [5, 5.41) is 15.0. The van der Waals surface area contributed by atoms with Crippen molar-refractivity contribution >= 4 is 23.9 Å². The zero-order valence-corrected chi connectivity index (χ0v) is 15.2. The molecule has 0 unspecified atom stereocenters. The quantitative estimate of drug-likeness (QED) is 0.474. The molecule has 1 aliphatic rings. The molecule has 1 aromatic carbocycles. The molecule has 2 atom stereocenters. The first-order chi connectivity index (χ1) is 13.0. The second kappa shape index (κ2) is 10.2. The van der Waals surface area contributed by atoms with E-state index in [1.165, 1.54) is 18.2 Å². The van der Waals surface area contributed by atoms with Crippen LogP contribution < -0.4 is 10.6 Å². The first kappa shape index (κ1) is 20.2. The number of carbonyl (C=O) groups excluding carboxylic acids is 3. The van der Waals surface area contributed by atoms with Crippen molar-refractivity contribution in [2.24, 2.45) is 5.92 Å². The second-order valence-electron chi connectivity index (χ2n) is 6.17. The monoisotopic (exact) mass is 372 g/mol. The van der Waals surface area contributed by atoms with Crippen LogP contribution in [0.1, 0.15) is 25.3 Å². The number of amides is 2. The molecule has 1 aromatic rings. The van der Waals surface area contributed by atoms with E-state index < -0.39 is 12.0 Å². The number of carbonyl (C=O) groups is 3. The zero-order chi connectivity index (χ0) is 19.6. The lowest BCUT2D eigenvalue weighted by Crippen LogP contribution is -2.35. The Balaban J connectivity index is 2.01. The van der Waals surface area contributed by atoms with Gasteiger partial charge in [-0.15, -0.1) is 0 Å². The van der Waals surface area contributed by atoms with Crippen LogP contribution in [0.4, 0.5) is 0 Å². The van der Waals surface area contributed by atoms with Crippen LogP contribution in [-0.2, 0) is 19.1 Å². The van der Waals surface area contributed by atoms with E-state index in [1.807, 2.05) is 0 Å². The van der Waals surface area contributed by atoms with Crippen molar-refractivity contribution in [1.29, 1.82) is 0 Å². The van der Waals surface area contributed by atoms with Gasteiger partial charge in [0.1, 0.15) is 5.75 Å². The predicted octanol–water partition coefficient (Wildman–Crippen LogP) is 1.54. The van der Waals surface area contributed by atoms with Gasteiger partial charge in [-0.3, -0.25) is 9.59 Å². The van der Waals surface area contributed by atoms with Crippen LogP contribution in [0.15, 0.2) is 42.5 Å². The van der Waals surface area contributed by atoms with E-state index in [9.17, 15) is 19.5 Å². The van der Waals surface area contributed by atoms with Gasteiger partial charge in [0, 0.05) is 30.7 Å². The summed E-state index contributed by atoms with van der Waals surface area (Å²) >= 11 is 0. The van der Waals surface area contributed by atoms with Crippen LogP contribution in [0.25, 0.3) is 6.08 Å². The number of ether oxygens (including phenoxy) is 1. The molecule has 27 heavy (non-hydrogen) atoms. The van der Waals surface area contributed by atoms with Gasteiger partial charge in [0.05, 0.1) is 6.61 Å².